The summed E-state index contributed by atoms with van der Waals surface area (Å²) >= 11 is 0. The largest absolute Gasteiger partial charge is 0.469 e. The van der Waals surface area contributed by atoms with Gasteiger partial charge in [0.05, 0.1) is 12.8 Å². The van der Waals surface area contributed by atoms with Gasteiger partial charge >= 0.3 is 0 Å². The first-order valence-corrected chi connectivity index (χ1v) is 7.49. The summed E-state index contributed by atoms with van der Waals surface area (Å²) in [6, 6.07) is 4.41. The molecule has 3 rings (SSSR count). The Hall–Kier alpha value is -1.62. The number of furan rings is 1. The molecule has 0 bridgehead atoms. The molecule has 1 N–H and O–H groups in total. The third-order valence-electron chi connectivity index (χ3n) is 3.95. The van der Waals surface area contributed by atoms with Crippen molar-refractivity contribution in [2.75, 3.05) is 0 Å². The maximum Gasteiger partial charge on any atom is 0.147 e. The van der Waals surface area contributed by atoms with Gasteiger partial charge in [0.1, 0.15) is 17.4 Å². The first-order valence-electron chi connectivity index (χ1n) is 7.49. The molecule has 0 aromatic carbocycles. The summed E-state index contributed by atoms with van der Waals surface area (Å²) in [5, 5.41) is 12.1. The molecule has 0 aliphatic carbocycles. The molecule has 1 aliphatic rings. The number of aromatic nitrogens is 3. The van der Waals surface area contributed by atoms with Gasteiger partial charge in [-0.1, -0.05) is 0 Å². The average Bonchev–Trinajstić information content (AvgIpc) is 3.12. The SMILES string of the molecule is C[C@@H](CCc1ccco1)NCc1nnc2n1CCCC2. The summed E-state index contributed by atoms with van der Waals surface area (Å²) in [7, 11) is 0. The van der Waals surface area contributed by atoms with Crippen LogP contribution in [0.5, 0.6) is 0 Å². The molecule has 0 spiro atoms. The predicted octanol–water partition coefficient (Wildman–Crippen LogP) is 2.32. The molecule has 2 aromatic rings. The zero-order chi connectivity index (χ0) is 13.8. The topological polar surface area (TPSA) is 55.9 Å². The summed E-state index contributed by atoms with van der Waals surface area (Å²) in [6.45, 7) is 4.07. The van der Waals surface area contributed by atoms with Crippen LogP contribution in [0.3, 0.4) is 0 Å². The summed E-state index contributed by atoms with van der Waals surface area (Å²) in [5.74, 6) is 3.28. The Morgan fingerprint density at radius 1 is 1.40 bits per heavy atom. The molecule has 0 amide bonds. The van der Waals surface area contributed by atoms with Gasteiger partial charge in [0.15, 0.2) is 0 Å². The minimum Gasteiger partial charge on any atom is -0.469 e. The van der Waals surface area contributed by atoms with Gasteiger partial charge in [0.2, 0.25) is 0 Å². The summed E-state index contributed by atoms with van der Waals surface area (Å²) in [4.78, 5) is 0. The number of rotatable bonds is 6. The highest BCUT2D eigenvalue weighted by Crippen LogP contribution is 2.14. The second kappa shape index (κ2) is 6.22. The fraction of sp³-hybridized carbons (Fsp3) is 0.600. The van der Waals surface area contributed by atoms with Crippen LogP contribution >= 0.6 is 0 Å². The molecular formula is C15H22N4O. The molecular weight excluding hydrogens is 252 g/mol. The number of hydrogen-bond acceptors (Lipinski definition) is 4. The Morgan fingerprint density at radius 2 is 2.35 bits per heavy atom. The molecule has 1 atom stereocenters. The number of nitrogens with zero attached hydrogens (tertiary/aromatic N) is 3. The van der Waals surface area contributed by atoms with E-state index in [9.17, 15) is 0 Å². The Bertz CT molecular complexity index is 532. The lowest BCUT2D eigenvalue weighted by molar-refractivity contribution is 0.445. The molecule has 108 valence electrons. The van der Waals surface area contributed by atoms with E-state index in [1.54, 1.807) is 6.26 Å². The van der Waals surface area contributed by atoms with Gasteiger partial charge in [-0.05, 0) is 38.3 Å². The van der Waals surface area contributed by atoms with Crippen LogP contribution in [-0.2, 0) is 25.9 Å². The summed E-state index contributed by atoms with van der Waals surface area (Å²) in [6.07, 6.45) is 7.32. The molecule has 2 aromatic heterocycles. The van der Waals surface area contributed by atoms with Crippen molar-refractivity contribution in [3.05, 3.63) is 35.8 Å². The second-order valence-corrected chi connectivity index (χ2v) is 5.54. The number of aryl methyl sites for hydroxylation is 2. The van der Waals surface area contributed by atoms with Gasteiger partial charge in [-0.25, -0.2) is 0 Å². The van der Waals surface area contributed by atoms with Crippen LogP contribution in [0.4, 0.5) is 0 Å². The van der Waals surface area contributed by atoms with E-state index < -0.39 is 0 Å². The molecule has 0 fully saturated rings. The molecule has 5 heteroatoms. The van der Waals surface area contributed by atoms with E-state index in [1.165, 1.54) is 12.8 Å². The minimum absolute atomic E-state index is 0.441. The van der Waals surface area contributed by atoms with Crippen molar-refractivity contribution in [1.29, 1.82) is 0 Å². The van der Waals surface area contributed by atoms with Gasteiger partial charge in [-0.15, -0.1) is 10.2 Å². The number of fused-ring (bicyclic) bond motifs is 1. The molecule has 0 saturated heterocycles. The van der Waals surface area contributed by atoms with Crippen LogP contribution < -0.4 is 5.32 Å². The van der Waals surface area contributed by atoms with Crippen molar-refractivity contribution in [2.24, 2.45) is 0 Å². The van der Waals surface area contributed by atoms with E-state index in [0.29, 0.717) is 6.04 Å². The lowest BCUT2D eigenvalue weighted by Crippen LogP contribution is -2.28. The van der Waals surface area contributed by atoms with Crippen LogP contribution in [0.15, 0.2) is 22.8 Å². The van der Waals surface area contributed by atoms with E-state index in [-0.39, 0.29) is 0 Å². The third-order valence-corrected chi connectivity index (χ3v) is 3.95. The van der Waals surface area contributed by atoms with Crippen molar-refractivity contribution in [2.45, 2.75) is 58.2 Å². The summed E-state index contributed by atoms with van der Waals surface area (Å²) in [5.41, 5.74) is 0. The van der Waals surface area contributed by atoms with Gasteiger partial charge < -0.3 is 14.3 Å². The fourth-order valence-electron chi connectivity index (χ4n) is 2.68. The molecule has 3 heterocycles. The lowest BCUT2D eigenvalue weighted by atomic mass is 10.1. The molecule has 0 saturated carbocycles. The normalized spacial score (nSPS) is 16.1. The van der Waals surface area contributed by atoms with Gasteiger partial charge in [-0.2, -0.15) is 0 Å². The lowest BCUT2D eigenvalue weighted by Gasteiger charge is -2.16. The van der Waals surface area contributed by atoms with Gasteiger partial charge in [0, 0.05) is 25.4 Å². The third kappa shape index (κ3) is 3.10. The van der Waals surface area contributed by atoms with Crippen LogP contribution in [0.25, 0.3) is 0 Å². The van der Waals surface area contributed by atoms with E-state index in [1.807, 2.05) is 12.1 Å². The standard InChI is InChI=1S/C15H22N4O/c1-12(7-8-13-5-4-10-20-13)16-11-15-18-17-14-6-2-3-9-19(14)15/h4-5,10,12,16H,2-3,6-9,11H2,1H3/t12-/m0/s1. The minimum atomic E-state index is 0.441. The first-order chi connectivity index (χ1) is 9.83. The Balaban J connectivity index is 1.48. The van der Waals surface area contributed by atoms with Gasteiger partial charge in [-0.3, -0.25) is 0 Å². The van der Waals surface area contributed by atoms with Crippen molar-refractivity contribution in [1.82, 2.24) is 20.1 Å². The highest BCUT2D eigenvalue weighted by molar-refractivity contribution is 5.00. The molecule has 0 radical (unpaired) electrons. The Labute approximate surface area is 119 Å². The Morgan fingerprint density at radius 3 is 3.20 bits per heavy atom. The van der Waals surface area contributed by atoms with E-state index in [2.05, 4.69) is 27.0 Å². The molecule has 5 nitrogen and oxygen atoms in total. The maximum atomic E-state index is 5.35. The van der Waals surface area contributed by atoms with Crippen LogP contribution in [0.1, 0.15) is 43.6 Å². The predicted molar refractivity (Wildman–Crippen MR) is 76.3 cm³/mol. The van der Waals surface area contributed by atoms with Crippen LogP contribution in [-0.4, -0.2) is 20.8 Å². The zero-order valence-corrected chi connectivity index (χ0v) is 12.0. The van der Waals surface area contributed by atoms with Crippen molar-refractivity contribution < 1.29 is 4.42 Å². The molecule has 20 heavy (non-hydrogen) atoms. The van der Waals surface area contributed by atoms with E-state index in [0.717, 1.165) is 49.8 Å². The summed E-state index contributed by atoms with van der Waals surface area (Å²) < 4.78 is 7.63. The average molecular weight is 274 g/mol. The smallest absolute Gasteiger partial charge is 0.147 e. The van der Waals surface area contributed by atoms with Crippen LogP contribution in [0.2, 0.25) is 0 Å². The van der Waals surface area contributed by atoms with Gasteiger partial charge in [0.25, 0.3) is 0 Å². The fourth-order valence-corrected chi connectivity index (χ4v) is 2.68. The highest BCUT2D eigenvalue weighted by Gasteiger charge is 2.15. The quantitative estimate of drug-likeness (QED) is 0.878. The highest BCUT2D eigenvalue weighted by atomic mass is 16.3. The molecule has 1 aliphatic heterocycles. The van der Waals surface area contributed by atoms with E-state index >= 15 is 0 Å². The molecule has 0 unspecified atom stereocenters. The monoisotopic (exact) mass is 274 g/mol. The zero-order valence-electron chi connectivity index (χ0n) is 12.0. The van der Waals surface area contributed by atoms with E-state index in [4.69, 9.17) is 4.42 Å². The Kier molecular flexibility index (Phi) is 4.16. The van der Waals surface area contributed by atoms with Crippen molar-refractivity contribution in [3.63, 3.8) is 0 Å². The number of hydrogen-bond donors (Lipinski definition) is 1. The maximum absolute atomic E-state index is 5.35. The van der Waals surface area contributed by atoms with Crippen LogP contribution in [0, 0.1) is 0 Å². The van der Waals surface area contributed by atoms with Crippen molar-refractivity contribution >= 4 is 0 Å². The van der Waals surface area contributed by atoms with Crippen molar-refractivity contribution in [3.8, 4) is 0 Å². The second-order valence-electron chi connectivity index (χ2n) is 5.54. The number of nitrogens with one attached hydrogen (secondary N) is 1. The first kappa shape index (κ1) is 13.4.